The fraction of sp³-hybridized carbons (Fsp3) is 0.160. The predicted molar refractivity (Wildman–Crippen MR) is 117 cm³/mol. The van der Waals surface area contributed by atoms with Crippen LogP contribution in [-0.4, -0.2) is 12.6 Å². The number of halogens is 1. The molecule has 2 heterocycles. The number of allylic oxidation sites excluding steroid dienone is 1. The number of carbonyl (C=O) groups excluding carboxylic acids is 1. The van der Waals surface area contributed by atoms with Gasteiger partial charge in [-0.2, -0.15) is 0 Å². The maximum atomic E-state index is 12.9. The molecular weight excluding hydrogens is 416 g/mol. The highest BCUT2D eigenvalue weighted by Crippen LogP contribution is 2.38. The van der Waals surface area contributed by atoms with Gasteiger partial charge >= 0.3 is 0 Å². The molecule has 0 amide bonds. The molecule has 0 radical (unpaired) electrons. The quantitative estimate of drug-likeness (QED) is 0.492. The molecule has 0 unspecified atom stereocenters. The van der Waals surface area contributed by atoms with Crippen molar-refractivity contribution >= 4 is 23.5 Å². The van der Waals surface area contributed by atoms with Crippen LogP contribution in [0.5, 0.6) is 17.2 Å². The molecule has 31 heavy (non-hydrogen) atoms. The SMILES string of the molecule is Cc1ccccc1COc1ccc2c(c1)O/C(=C\c1cc(Cl)cc3c1OCOC3)C2=O. The highest BCUT2D eigenvalue weighted by Gasteiger charge is 2.28. The van der Waals surface area contributed by atoms with E-state index in [1.165, 1.54) is 0 Å². The normalized spacial score (nSPS) is 15.8. The minimum absolute atomic E-state index is 0.154. The lowest BCUT2D eigenvalue weighted by atomic mass is 10.1. The number of Topliss-reactive ketones (excluding diaryl/α,β-unsaturated/α-hetero) is 1. The number of benzene rings is 3. The fourth-order valence-electron chi connectivity index (χ4n) is 3.65. The molecule has 0 fully saturated rings. The summed E-state index contributed by atoms with van der Waals surface area (Å²) >= 11 is 6.23. The number of rotatable bonds is 4. The topological polar surface area (TPSA) is 54.0 Å². The lowest BCUT2D eigenvalue weighted by molar-refractivity contribution is -0.0165. The summed E-state index contributed by atoms with van der Waals surface area (Å²) in [6, 6.07) is 16.8. The number of hydrogen-bond acceptors (Lipinski definition) is 5. The van der Waals surface area contributed by atoms with Crippen molar-refractivity contribution in [2.45, 2.75) is 20.1 Å². The van der Waals surface area contributed by atoms with E-state index in [9.17, 15) is 4.79 Å². The molecule has 0 N–H and O–H groups in total. The van der Waals surface area contributed by atoms with Crippen LogP contribution in [-0.2, 0) is 18.0 Å². The molecule has 0 spiro atoms. The Kier molecular flexibility index (Phi) is 5.14. The van der Waals surface area contributed by atoms with Gasteiger partial charge in [-0.25, -0.2) is 0 Å². The van der Waals surface area contributed by atoms with E-state index in [2.05, 4.69) is 0 Å². The zero-order chi connectivity index (χ0) is 21.4. The van der Waals surface area contributed by atoms with Crippen molar-refractivity contribution in [3.8, 4) is 17.2 Å². The van der Waals surface area contributed by atoms with Crippen molar-refractivity contribution in [2.24, 2.45) is 0 Å². The van der Waals surface area contributed by atoms with E-state index < -0.39 is 0 Å². The standard InChI is InChI=1S/C25H19ClO5/c1-15-4-2-3-5-16(15)13-29-20-6-7-21-22(11-20)31-23(24(21)27)10-17-8-19(26)9-18-12-28-14-30-25(17)18/h2-11H,12-14H2,1H3/b23-10-. The van der Waals surface area contributed by atoms with Gasteiger partial charge in [0.2, 0.25) is 5.78 Å². The minimum atomic E-state index is -0.193. The Hall–Kier alpha value is -3.28. The van der Waals surface area contributed by atoms with Gasteiger partial charge in [-0.1, -0.05) is 35.9 Å². The van der Waals surface area contributed by atoms with Gasteiger partial charge < -0.3 is 18.9 Å². The summed E-state index contributed by atoms with van der Waals surface area (Å²) in [6.45, 7) is 3.05. The molecule has 5 rings (SSSR count). The zero-order valence-electron chi connectivity index (χ0n) is 16.8. The van der Waals surface area contributed by atoms with Crippen molar-refractivity contribution in [2.75, 3.05) is 6.79 Å². The van der Waals surface area contributed by atoms with Gasteiger partial charge in [0.15, 0.2) is 12.6 Å². The van der Waals surface area contributed by atoms with Gasteiger partial charge in [0.25, 0.3) is 0 Å². The Morgan fingerprint density at radius 3 is 2.87 bits per heavy atom. The first-order valence-corrected chi connectivity index (χ1v) is 10.2. The lowest BCUT2D eigenvalue weighted by Crippen LogP contribution is -2.12. The molecule has 0 bridgehead atoms. The van der Waals surface area contributed by atoms with E-state index >= 15 is 0 Å². The van der Waals surface area contributed by atoms with Crippen LogP contribution in [0.25, 0.3) is 6.08 Å². The average molecular weight is 435 g/mol. The molecule has 2 aliphatic heterocycles. The Morgan fingerprint density at radius 1 is 1.13 bits per heavy atom. The highest BCUT2D eigenvalue weighted by atomic mass is 35.5. The van der Waals surface area contributed by atoms with Crippen LogP contribution in [0.4, 0.5) is 0 Å². The number of carbonyl (C=O) groups is 1. The minimum Gasteiger partial charge on any atom is -0.489 e. The third-order valence-electron chi connectivity index (χ3n) is 5.29. The third-order valence-corrected chi connectivity index (χ3v) is 5.51. The zero-order valence-corrected chi connectivity index (χ0v) is 17.6. The van der Waals surface area contributed by atoms with Crippen LogP contribution in [0.3, 0.4) is 0 Å². The summed E-state index contributed by atoms with van der Waals surface area (Å²) in [5.41, 5.74) is 4.28. The Bertz CT molecular complexity index is 1210. The summed E-state index contributed by atoms with van der Waals surface area (Å²) in [7, 11) is 0. The Balaban J connectivity index is 1.39. The number of ketones is 1. The predicted octanol–water partition coefficient (Wildman–Crippen LogP) is 5.71. The van der Waals surface area contributed by atoms with E-state index in [4.69, 9.17) is 30.5 Å². The third kappa shape index (κ3) is 3.90. The fourth-order valence-corrected chi connectivity index (χ4v) is 3.90. The van der Waals surface area contributed by atoms with Crippen LogP contribution in [0.1, 0.15) is 32.6 Å². The Morgan fingerprint density at radius 2 is 2.00 bits per heavy atom. The van der Waals surface area contributed by atoms with Crippen molar-refractivity contribution in [1.29, 1.82) is 0 Å². The van der Waals surface area contributed by atoms with Crippen molar-refractivity contribution in [3.63, 3.8) is 0 Å². The molecule has 156 valence electrons. The second kappa shape index (κ2) is 8.10. The van der Waals surface area contributed by atoms with E-state index in [0.717, 1.165) is 16.7 Å². The van der Waals surface area contributed by atoms with Crippen molar-refractivity contribution < 1.29 is 23.7 Å². The first kappa shape index (κ1) is 19.7. The molecule has 6 heteroatoms. The molecule has 3 aromatic carbocycles. The summed E-state index contributed by atoms with van der Waals surface area (Å²) in [4.78, 5) is 12.9. The molecular formula is C25H19ClO5. The van der Waals surface area contributed by atoms with Crippen molar-refractivity contribution in [1.82, 2.24) is 0 Å². The molecule has 0 atom stereocenters. The molecule has 3 aromatic rings. The molecule has 0 saturated heterocycles. The lowest BCUT2D eigenvalue weighted by Gasteiger charge is -2.20. The molecule has 5 nitrogen and oxygen atoms in total. The largest absolute Gasteiger partial charge is 0.489 e. The van der Waals surface area contributed by atoms with Gasteiger partial charge in [-0.15, -0.1) is 0 Å². The Labute approximate surface area is 184 Å². The highest BCUT2D eigenvalue weighted by molar-refractivity contribution is 6.31. The van der Waals surface area contributed by atoms with Crippen LogP contribution in [0.15, 0.2) is 60.4 Å². The van der Waals surface area contributed by atoms with Crippen LogP contribution < -0.4 is 14.2 Å². The number of ether oxygens (including phenoxy) is 4. The first-order chi connectivity index (χ1) is 15.1. The van der Waals surface area contributed by atoms with Gasteiger partial charge in [0, 0.05) is 22.2 Å². The van der Waals surface area contributed by atoms with Gasteiger partial charge in [0.05, 0.1) is 12.2 Å². The number of fused-ring (bicyclic) bond motifs is 2. The molecule has 0 aromatic heterocycles. The van der Waals surface area contributed by atoms with Crippen LogP contribution in [0, 0.1) is 6.92 Å². The maximum absolute atomic E-state index is 12.9. The maximum Gasteiger partial charge on any atom is 0.231 e. The molecule has 0 saturated carbocycles. The average Bonchev–Trinajstić information content (AvgIpc) is 3.07. The summed E-state index contributed by atoms with van der Waals surface area (Å²) in [5, 5.41) is 0.537. The summed E-state index contributed by atoms with van der Waals surface area (Å²) in [6.07, 6.45) is 1.66. The van der Waals surface area contributed by atoms with E-state index in [0.29, 0.717) is 46.6 Å². The second-order valence-corrected chi connectivity index (χ2v) is 7.84. The number of hydrogen-bond donors (Lipinski definition) is 0. The second-order valence-electron chi connectivity index (χ2n) is 7.41. The van der Waals surface area contributed by atoms with Gasteiger partial charge in [-0.05, 0) is 48.4 Å². The van der Waals surface area contributed by atoms with E-state index in [1.807, 2.05) is 31.2 Å². The number of aryl methyl sites for hydroxylation is 1. The van der Waals surface area contributed by atoms with E-state index in [-0.39, 0.29) is 18.3 Å². The summed E-state index contributed by atoms with van der Waals surface area (Å²) < 4.78 is 22.7. The summed E-state index contributed by atoms with van der Waals surface area (Å²) in [5.74, 6) is 1.78. The molecule has 2 aliphatic rings. The smallest absolute Gasteiger partial charge is 0.231 e. The molecule has 0 aliphatic carbocycles. The van der Waals surface area contributed by atoms with Gasteiger partial charge in [0.1, 0.15) is 23.9 Å². The van der Waals surface area contributed by atoms with Crippen LogP contribution in [0.2, 0.25) is 5.02 Å². The first-order valence-electron chi connectivity index (χ1n) is 9.87. The van der Waals surface area contributed by atoms with Gasteiger partial charge in [-0.3, -0.25) is 4.79 Å². The van der Waals surface area contributed by atoms with Crippen molar-refractivity contribution in [3.05, 3.63) is 93.2 Å². The van der Waals surface area contributed by atoms with Crippen LogP contribution >= 0.6 is 11.6 Å². The van der Waals surface area contributed by atoms with E-state index in [1.54, 1.807) is 36.4 Å². The monoisotopic (exact) mass is 434 g/mol.